The number of aromatic amines is 1. The summed E-state index contributed by atoms with van der Waals surface area (Å²) in [6, 6.07) is 17.6. The molecule has 0 radical (unpaired) electrons. The zero-order valence-electron chi connectivity index (χ0n) is 10.6. The van der Waals surface area contributed by atoms with Gasteiger partial charge in [-0.3, -0.25) is 4.79 Å². The summed E-state index contributed by atoms with van der Waals surface area (Å²) >= 11 is 2.23. The maximum absolute atomic E-state index is 12.6. The Balaban J connectivity index is 2.02. The molecule has 20 heavy (non-hydrogen) atoms. The van der Waals surface area contributed by atoms with Gasteiger partial charge < -0.3 is 4.98 Å². The third-order valence-corrected chi connectivity index (χ3v) is 3.90. The molecule has 3 rings (SSSR count). The van der Waals surface area contributed by atoms with Crippen LogP contribution in [0.15, 0.2) is 67.0 Å². The molecule has 3 aromatic rings. The molecule has 0 bridgehead atoms. The number of hydrogen-bond donors (Lipinski definition) is 1. The fourth-order valence-electron chi connectivity index (χ4n) is 2.17. The summed E-state index contributed by atoms with van der Waals surface area (Å²) in [6.45, 7) is 0. The Morgan fingerprint density at radius 3 is 2.30 bits per heavy atom. The van der Waals surface area contributed by atoms with Crippen molar-refractivity contribution in [3.05, 3.63) is 81.7 Å². The molecule has 2 aromatic carbocycles. The second-order valence-electron chi connectivity index (χ2n) is 4.48. The lowest BCUT2D eigenvalue weighted by Crippen LogP contribution is -2.01. The summed E-state index contributed by atoms with van der Waals surface area (Å²) in [5.74, 6) is 0.0431. The third kappa shape index (κ3) is 2.54. The van der Waals surface area contributed by atoms with Gasteiger partial charge in [-0.25, -0.2) is 0 Å². The first-order chi connectivity index (χ1) is 9.75. The van der Waals surface area contributed by atoms with Gasteiger partial charge in [0, 0.05) is 32.7 Å². The van der Waals surface area contributed by atoms with Gasteiger partial charge in [-0.2, -0.15) is 0 Å². The van der Waals surface area contributed by atoms with Gasteiger partial charge in [0.2, 0.25) is 0 Å². The van der Waals surface area contributed by atoms with Crippen LogP contribution in [0.4, 0.5) is 0 Å². The number of aromatic nitrogens is 1. The molecule has 0 unspecified atom stereocenters. The van der Waals surface area contributed by atoms with Gasteiger partial charge in [-0.1, -0.05) is 30.3 Å². The fraction of sp³-hybridized carbons (Fsp3) is 0. The number of halogens is 1. The van der Waals surface area contributed by atoms with Crippen LogP contribution in [0.25, 0.3) is 11.1 Å². The predicted octanol–water partition coefficient (Wildman–Crippen LogP) is 4.52. The lowest BCUT2D eigenvalue weighted by atomic mass is 9.98. The van der Waals surface area contributed by atoms with Crippen LogP contribution in [0.5, 0.6) is 0 Å². The highest BCUT2D eigenvalue weighted by Gasteiger charge is 2.15. The second-order valence-corrected chi connectivity index (χ2v) is 5.73. The number of nitrogens with one attached hydrogen (secondary N) is 1. The first-order valence-corrected chi connectivity index (χ1v) is 7.36. The number of ketones is 1. The lowest BCUT2D eigenvalue weighted by molar-refractivity contribution is 0.103. The molecule has 0 fully saturated rings. The molecule has 1 N–H and O–H groups in total. The van der Waals surface area contributed by atoms with E-state index in [2.05, 4.69) is 27.6 Å². The summed E-state index contributed by atoms with van der Waals surface area (Å²) in [5, 5.41) is 0. The topological polar surface area (TPSA) is 32.9 Å². The Hall–Kier alpha value is -1.88. The summed E-state index contributed by atoms with van der Waals surface area (Å²) in [7, 11) is 0. The van der Waals surface area contributed by atoms with Crippen LogP contribution < -0.4 is 0 Å². The van der Waals surface area contributed by atoms with Crippen molar-refractivity contribution >= 4 is 28.4 Å². The molecule has 0 aliphatic heterocycles. The summed E-state index contributed by atoms with van der Waals surface area (Å²) in [4.78, 5) is 15.6. The Morgan fingerprint density at radius 2 is 1.60 bits per heavy atom. The maximum atomic E-state index is 12.6. The lowest BCUT2D eigenvalue weighted by Gasteiger charge is -2.04. The number of benzene rings is 2. The molecule has 0 aliphatic carbocycles. The molecule has 1 heterocycles. The van der Waals surface area contributed by atoms with Crippen molar-refractivity contribution in [2.45, 2.75) is 0 Å². The second kappa shape index (κ2) is 5.63. The van der Waals surface area contributed by atoms with Crippen LogP contribution in [0.1, 0.15) is 15.9 Å². The van der Waals surface area contributed by atoms with Gasteiger partial charge in [0.15, 0.2) is 5.78 Å². The molecule has 0 saturated heterocycles. The van der Waals surface area contributed by atoms with Crippen LogP contribution in [0.2, 0.25) is 0 Å². The van der Waals surface area contributed by atoms with E-state index in [0.717, 1.165) is 14.7 Å². The van der Waals surface area contributed by atoms with E-state index in [0.29, 0.717) is 11.1 Å². The maximum Gasteiger partial charge on any atom is 0.195 e. The highest BCUT2D eigenvalue weighted by Crippen LogP contribution is 2.25. The molecule has 2 nitrogen and oxygen atoms in total. The average Bonchev–Trinajstić information content (AvgIpc) is 2.97. The van der Waals surface area contributed by atoms with E-state index >= 15 is 0 Å². The number of carbonyl (C=O) groups is 1. The van der Waals surface area contributed by atoms with E-state index in [1.54, 1.807) is 6.20 Å². The largest absolute Gasteiger partial charge is 0.366 e. The van der Waals surface area contributed by atoms with E-state index in [9.17, 15) is 4.79 Å². The third-order valence-electron chi connectivity index (χ3n) is 3.18. The molecule has 0 aliphatic rings. The smallest absolute Gasteiger partial charge is 0.195 e. The summed E-state index contributed by atoms with van der Waals surface area (Å²) in [6.07, 6.45) is 3.64. The minimum absolute atomic E-state index is 0.0431. The van der Waals surface area contributed by atoms with Crippen molar-refractivity contribution in [3.8, 4) is 11.1 Å². The number of carbonyl (C=O) groups excluding carboxylic acids is 1. The molecular weight excluding hydrogens is 361 g/mol. The first-order valence-electron chi connectivity index (χ1n) is 6.28. The minimum Gasteiger partial charge on any atom is -0.366 e. The molecule has 0 amide bonds. The van der Waals surface area contributed by atoms with Gasteiger partial charge in [-0.15, -0.1) is 0 Å². The van der Waals surface area contributed by atoms with Crippen molar-refractivity contribution in [3.63, 3.8) is 0 Å². The summed E-state index contributed by atoms with van der Waals surface area (Å²) < 4.78 is 1.12. The molecule has 0 spiro atoms. The fourth-order valence-corrected chi connectivity index (χ4v) is 2.52. The van der Waals surface area contributed by atoms with E-state index in [-0.39, 0.29) is 5.78 Å². The Morgan fingerprint density at radius 1 is 0.900 bits per heavy atom. The summed E-state index contributed by atoms with van der Waals surface area (Å²) in [5.41, 5.74) is 3.40. The predicted molar refractivity (Wildman–Crippen MR) is 88.8 cm³/mol. The standard InChI is InChI=1S/C17H12INO/c18-14-8-6-13(7-9-14)17(20)16-11-19-10-15(16)12-4-2-1-3-5-12/h1-11,19H. The molecule has 3 heteroatoms. The van der Waals surface area contributed by atoms with Crippen LogP contribution in [-0.4, -0.2) is 10.8 Å². The van der Waals surface area contributed by atoms with E-state index in [1.807, 2.05) is 60.8 Å². The average molecular weight is 373 g/mol. The molecule has 98 valence electrons. The van der Waals surface area contributed by atoms with Crippen LogP contribution in [0, 0.1) is 3.57 Å². The number of rotatable bonds is 3. The van der Waals surface area contributed by atoms with Crippen LogP contribution in [-0.2, 0) is 0 Å². The number of hydrogen-bond acceptors (Lipinski definition) is 1. The molecular formula is C17H12INO. The Labute approximate surface area is 131 Å². The van der Waals surface area contributed by atoms with Gasteiger partial charge in [0.25, 0.3) is 0 Å². The van der Waals surface area contributed by atoms with Crippen molar-refractivity contribution < 1.29 is 4.79 Å². The zero-order valence-corrected chi connectivity index (χ0v) is 12.8. The van der Waals surface area contributed by atoms with Gasteiger partial charge in [0.1, 0.15) is 0 Å². The van der Waals surface area contributed by atoms with Gasteiger partial charge >= 0.3 is 0 Å². The highest BCUT2D eigenvalue weighted by molar-refractivity contribution is 14.1. The molecule has 0 atom stereocenters. The Bertz CT molecular complexity index is 729. The van der Waals surface area contributed by atoms with E-state index < -0.39 is 0 Å². The van der Waals surface area contributed by atoms with Gasteiger partial charge in [-0.05, 0) is 52.4 Å². The van der Waals surface area contributed by atoms with Crippen molar-refractivity contribution in [2.24, 2.45) is 0 Å². The SMILES string of the molecule is O=C(c1ccc(I)cc1)c1c[nH]cc1-c1ccccc1. The van der Waals surface area contributed by atoms with E-state index in [1.165, 1.54) is 0 Å². The molecule has 1 aromatic heterocycles. The van der Waals surface area contributed by atoms with Crippen molar-refractivity contribution in [2.75, 3.05) is 0 Å². The van der Waals surface area contributed by atoms with Crippen LogP contribution >= 0.6 is 22.6 Å². The zero-order chi connectivity index (χ0) is 13.9. The van der Waals surface area contributed by atoms with Crippen molar-refractivity contribution in [1.29, 1.82) is 0 Å². The molecule has 0 saturated carbocycles. The monoisotopic (exact) mass is 373 g/mol. The van der Waals surface area contributed by atoms with Crippen LogP contribution in [0.3, 0.4) is 0 Å². The number of H-pyrrole nitrogens is 1. The minimum atomic E-state index is 0.0431. The quantitative estimate of drug-likeness (QED) is 0.532. The first kappa shape index (κ1) is 13.1. The normalized spacial score (nSPS) is 10.4. The van der Waals surface area contributed by atoms with E-state index in [4.69, 9.17) is 0 Å². The van der Waals surface area contributed by atoms with Crippen molar-refractivity contribution in [1.82, 2.24) is 4.98 Å². The Kier molecular flexibility index (Phi) is 3.69. The van der Waals surface area contributed by atoms with Gasteiger partial charge in [0.05, 0.1) is 0 Å². The highest BCUT2D eigenvalue weighted by atomic mass is 127.